The summed E-state index contributed by atoms with van der Waals surface area (Å²) in [6, 6.07) is 2.14. The number of carbonyl (C=O) groups excluding carboxylic acids is 3. The highest BCUT2D eigenvalue weighted by Gasteiger charge is 2.23. The van der Waals surface area contributed by atoms with Crippen molar-refractivity contribution in [2.75, 3.05) is 19.7 Å². The second-order valence-corrected chi connectivity index (χ2v) is 9.30. The molecule has 1 aromatic rings. The van der Waals surface area contributed by atoms with Crippen LogP contribution in [0.4, 0.5) is 0 Å². The Bertz CT molecular complexity index is 1070. The molecule has 10 heteroatoms. The Kier molecular flexibility index (Phi) is 10.1. The number of piperidine rings is 1. The third-order valence-corrected chi connectivity index (χ3v) is 6.07. The van der Waals surface area contributed by atoms with Crippen LogP contribution in [0, 0.1) is 0 Å². The monoisotopic (exact) mass is 513 g/mol. The van der Waals surface area contributed by atoms with Crippen LogP contribution in [0.5, 0.6) is 11.5 Å². The van der Waals surface area contributed by atoms with E-state index in [2.05, 4.69) is 10.5 Å². The lowest BCUT2D eigenvalue weighted by atomic mass is 9.99. The predicted molar refractivity (Wildman–Crippen MR) is 137 cm³/mol. The summed E-state index contributed by atoms with van der Waals surface area (Å²) < 4.78 is 5.52. The quantitative estimate of drug-likeness (QED) is 0.320. The van der Waals surface area contributed by atoms with E-state index in [9.17, 15) is 24.6 Å². The number of ether oxygens (including phenoxy) is 1. The number of fused-ring (bicyclic) bond motifs is 1. The number of phenolic OH excluding ortho intramolecular Hbond substituents is 2. The molecular formula is C27H35N3O7. The minimum Gasteiger partial charge on any atom is -0.508 e. The van der Waals surface area contributed by atoms with Crippen LogP contribution in [-0.2, 0) is 25.6 Å². The molecule has 1 aromatic carbocycles. The van der Waals surface area contributed by atoms with E-state index in [1.807, 2.05) is 12.2 Å². The average Bonchev–Trinajstić information content (AvgIpc) is 2.82. The minimum atomic E-state index is -0.742. The number of hydrogen-bond donors (Lipinski definition) is 3. The third kappa shape index (κ3) is 8.66. The number of likely N-dealkylation sites (tertiary alicyclic amines) is 1. The number of nitrogens with zero attached hydrogens (tertiary/aromatic N) is 2. The summed E-state index contributed by atoms with van der Waals surface area (Å²) in [7, 11) is 0. The molecule has 0 radical (unpaired) electrons. The molecule has 1 saturated heterocycles. The average molecular weight is 514 g/mol. The summed E-state index contributed by atoms with van der Waals surface area (Å²) in [6.07, 6.45) is 10.5. The van der Waals surface area contributed by atoms with Gasteiger partial charge < -0.3 is 30.0 Å². The smallest absolute Gasteiger partial charge is 0.342 e. The van der Waals surface area contributed by atoms with Gasteiger partial charge in [-0.25, -0.2) is 4.79 Å². The van der Waals surface area contributed by atoms with Crippen LogP contribution >= 0.6 is 0 Å². The molecule has 200 valence electrons. The first-order valence-electron chi connectivity index (χ1n) is 12.6. The van der Waals surface area contributed by atoms with Gasteiger partial charge in [-0.05, 0) is 50.3 Å². The Morgan fingerprint density at radius 3 is 2.65 bits per heavy atom. The van der Waals surface area contributed by atoms with Crippen LogP contribution < -0.4 is 5.32 Å². The van der Waals surface area contributed by atoms with E-state index in [-0.39, 0.29) is 47.8 Å². The van der Waals surface area contributed by atoms with Gasteiger partial charge in [-0.1, -0.05) is 23.4 Å². The standard InChI is InChI=1S/C27H35N3O7/c1-18-8-6-9-21(28-19(2)31)10-7-11-22(29-36-17-25(34)30-12-4-3-5-13-30)14-20-15-23(32)16-24(33)26(20)27(35)37-18/h6-7,9,11,15-16,18,21,32-33H,3-5,8,10,12-14,17H2,1-2H3,(H,28,31)/b9-6+,11-7+,29-22+/t18-,21-/m1/s1. The Morgan fingerprint density at radius 2 is 1.92 bits per heavy atom. The van der Waals surface area contributed by atoms with Crippen molar-refractivity contribution in [3.8, 4) is 11.5 Å². The molecule has 3 N–H and O–H groups in total. The van der Waals surface area contributed by atoms with Crippen LogP contribution in [-0.4, -0.2) is 70.5 Å². The summed E-state index contributed by atoms with van der Waals surface area (Å²) in [6.45, 7) is 4.32. The fraction of sp³-hybridized carbons (Fsp3) is 0.481. The van der Waals surface area contributed by atoms with Crippen LogP contribution in [0.25, 0.3) is 0 Å². The van der Waals surface area contributed by atoms with Crippen molar-refractivity contribution >= 4 is 23.5 Å². The van der Waals surface area contributed by atoms with E-state index in [4.69, 9.17) is 9.57 Å². The van der Waals surface area contributed by atoms with Crippen molar-refractivity contribution in [1.82, 2.24) is 10.2 Å². The Balaban J connectivity index is 1.89. The van der Waals surface area contributed by atoms with Gasteiger partial charge in [0.15, 0.2) is 6.61 Å². The van der Waals surface area contributed by atoms with Crippen molar-refractivity contribution in [2.24, 2.45) is 5.16 Å². The maximum Gasteiger partial charge on any atom is 0.342 e. The molecule has 2 atom stereocenters. The van der Waals surface area contributed by atoms with E-state index in [1.54, 1.807) is 24.0 Å². The number of allylic oxidation sites excluding steroid dienone is 1. The van der Waals surface area contributed by atoms with Gasteiger partial charge in [0, 0.05) is 38.9 Å². The van der Waals surface area contributed by atoms with Crippen molar-refractivity contribution in [2.45, 2.75) is 64.5 Å². The lowest BCUT2D eigenvalue weighted by Gasteiger charge is -2.26. The van der Waals surface area contributed by atoms with Gasteiger partial charge in [-0.2, -0.15) is 0 Å². The Hall–Kier alpha value is -3.82. The van der Waals surface area contributed by atoms with Crippen LogP contribution in [0.2, 0.25) is 0 Å². The van der Waals surface area contributed by atoms with E-state index < -0.39 is 17.8 Å². The first-order valence-corrected chi connectivity index (χ1v) is 12.6. The normalized spacial score (nSPS) is 23.8. The summed E-state index contributed by atoms with van der Waals surface area (Å²) in [5, 5.41) is 27.5. The summed E-state index contributed by atoms with van der Waals surface area (Å²) >= 11 is 0. The molecular weight excluding hydrogens is 478 g/mol. The zero-order valence-corrected chi connectivity index (χ0v) is 21.3. The molecule has 0 bridgehead atoms. The van der Waals surface area contributed by atoms with Crippen LogP contribution in [0.15, 0.2) is 41.6 Å². The van der Waals surface area contributed by atoms with E-state index >= 15 is 0 Å². The number of aromatic hydroxyl groups is 2. The number of rotatable bonds is 4. The fourth-order valence-corrected chi connectivity index (χ4v) is 4.29. The number of benzene rings is 1. The maximum atomic E-state index is 12.9. The van der Waals surface area contributed by atoms with E-state index in [0.717, 1.165) is 25.3 Å². The van der Waals surface area contributed by atoms with Crippen molar-refractivity contribution in [3.63, 3.8) is 0 Å². The van der Waals surface area contributed by atoms with Gasteiger partial charge in [0.2, 0.25) is 5.91 Å². The zero-order valence-electron chi connectivity index (χ0n) is 21.3. The molecule has 0 aliphatic carbocycles. The highest BCUT2D eigenvalue weighted by Crippen LogP contribution is 2.29. The molecule has 0 aromatic heterocycles. The maximum absolute atomic E-state index is 12.9. The molecule has 3 rings (SSSR count). The minimum absolute atomic E-state index is 0.00974. The number of amides is 2. The van der Waals surface area contributed by atoms with Crippen molar-refractivity contribution in [1.29, 1.82) is 0 Å². The van der Waals surface area contributed by atoms with Gasteiger partial charge >= 0.3 is 5.97 Å². The Labute approximate surface area is 216 Å². The van der Waals surface area contributed by atoms with Gasteiger partial charge in [-0.15, -0.1) is 0 Å². The number of oxime groups is 1. The first kappa shape index (κ1) is 27.8. The number of esters is 1. The molecule has 0 unspecified atom stereocenters. The van der Waals surface area contributed by atoms with E-state index in [0.29, 0.717) is 31.6 Å². The molecule has 1 fully saturated rings. The molecule has 2 aliphatic heterocycles. The predicted octanol–water partition coefficient (Wildman–Crippen LogP) is 2.98. The van der Waals surface area contributed by atoms with Gasteiger partial charge in [0.1, 0.15) is 23.2 Å². The van der Waals surface area contributed by atoms with Gasteiger partial charge in [0.25, 0.3) is 5.91 Å². The highest BCUT2D eigenvalue weighted by atomic mass is 16.6. The second kappa shape index (κ2) is 13.5. The summed E-state index contributed by atoms with van der Waals surface area (Å²) in [5.74, 6) is -1.72. The topological polar surface area (TPSA) is 138 Å². The molecule has 0 spiro atoms. The van der Waals surface area contributed by atoms with Crippen LogP contribution in [0.1, 0.15) is 61.9 Å². The number of phenols is 2. The third-order valence-electron chi connectivity index (χ3n) is 6.07. The number of nitrogens with one attached hydrogen (secondary N) is 1. The molecule has 37 heavy (non-hydrogen) atoms. The number of carbonyl (C=O) groups is 3. The molecule has 10 nitrogen and oxygen atoms in total. The van der Waals surface area contributed by atoms with Crippen molar-refractivity contribution < 1.29 is 34.2 Å². The van der Waals surface area contributed by atoms with Crippen LogP contribution in [0.3, 0.4) is 0 Å². The molecule has 2 heterocycles. The molecule has 0 saturated carbocycles. The second-order valence-electron chi connectivity index (χ2n) is 9.30. The number of hydrogen-bond acceptors (Lipinski definition) is 8. The Morgan fingerprint density at radius 1 is 1.16 bits per heavy atom. The number of cyclic esters (lactones) is 1. The highest BCUT2D eigenvalue weighted by molar-refractivity contribution is 6.00. The molecule has 2 amide bonds. The lowest BCUT2D eigenvalue weighted by Crippen LogP contribution is -2.37. The zero-order chi connectivity index (χ0) is 26.8. The first-order chi connectivity index (χ1) is 17.7. The van der Waals surface area contributed by atoms with Crippen molar-refractivity contribution in [3.05, 3.63) is 47.6 Å². The van der Waals surface area contributed by atoms with Gasteiger partial charge in [0.05, 0.1) is 11.8 Å². The fourth-order valence-electron chi connectivity index (χ4n) is 4.29. The lowest BCUT2D eigenvalue weighted by molar-refractivity contribution is -0.137. The molecule has 2 aliphatic rings. The SMILES string of the molecule is CC(=O)N[C@@H]1/C=C/C[C@@H](C)OC(=O)c2c(O)cc(O)cc2CC(=N/OCC(=O)N2CCCCC2)/C=C/C1. The van der Waals surface area contributed by atoms with Gasteiger partial charge in [-0.3, -0.25) is 9.59 Å². The largest absolute Gasteiger partial charge is 0.508 e. The summed E-state index contributed by atoms with van der Waals surface area (Å²) in [5.41, 5.74) is 0.559. The van der Waals surface area contributed by atoms with E-state index in [1.165, 1.54) is 13.0 Å². The summed E-state index contributed by atoms with van der Waals surface area (Å²) in [4.78, 5) is 44.2.